The summed E-state index contributed by atoms with van der Waals surface area (Å²) >= 11 is 3.50. The van der Waals surface area contributed by atoms with E-state index in [-0.39, 0.29) is 0 Å². The highest BCUT2D eigenvalue weighted by Crippen LogP contribution is 2.16. The summed E-state index contributed by atoms with van der Waals surface area (Å²) in [4.78, 5) is 6.79. The average molecular weight is 320 g/mol. The molecule has 0 aliphatic carbocycles. The van der Waals surface area contributed by atoms with Crippen LogP contribution in [0.4, 0.5) is 5.82 Å². The van der Waals surface area contributed by atoms with Crippen LogP contribution < -0.4 is 10.2 Å². The molecule has 2 aromatic rings. The van der Waals surface area contributed by atoms with E-state index in [0.717, 1.165) is 29.1 Å². The summed E-state index contributed by atoms with van der Waals surface area (Å²) in [6.07, 6.45) is 0. The monoisotopic (exact) mass is 319 g/mol. The summed E-state index contributed by atoms with van der Waals surface area (Å²) in [5, 5.41) is 3.12. The van der Waals surface area contributed by atoms with Crippen molar-refractivity contribution < 1.29 is 0 Å². The molecule has 0 spiro atoms. The first-order valence-corrected chi connectivity index (χ1v) is 7.04. The van der Waals surface area contributed by atoms with E-state index in [4.69, 9.17) is 0 Å². The van der Waals surface area contributed by atoms with Crippen molar-refractivity contribution in [3.8, 4) is 0 Å². The molecule has 1 aromatic heterocycles. The Hall–Kier alpha value is -1.39. The third-order valence-electron chi connectivity index (χ3n) is 2.85. The summed E-state index contributed by atoms with van der Waals surface area (Å²) in [7, 11) is 3.99. The summed E-state index contributed by atoms with van der Waals surface area (Å²) in [6.45, 7) is 1.63. The lowest BCUT2D eigenvalue weighted by molar-refractivity contribution is 0.783. The molecule has 0 bridgehead atoms. The van der Waals surface area contributed by atoms with Gasteiger partial charge in [-0.25, -0.2) is 4.98 Å². The van der Waals surface area contributed by atoms with Gasteiger partial charge in [0.2, 0.25) is 0 Å². The molecule has 100 valence electrons. The number of hydrogen-bond acceptors (Lipinski definition) is 3. The van der Waals surface area contributed by atoms with E-state index < -0.39 is 0 Å². The van der Waals surface area contributed by atoms with Gasteiger partial charge in [-0.15, -0.1) is 0 Å². The summed E-state index contributed by atoms with van der Waals surface area (Å²) in [5.74, 6) is 0.993. The van der Waals surface area contributed by atoms with Crippen molar-refractivity contribution in [1.29, 1.82) is 0 Å². The molecule has 0 unspecified atom stereocenters. The molecule has 3 nitrogen and oxygen atoms in total. The van der Waals surface area contributed by atoms with Gasteiger partial charge in [0.05, 0.1) is 5.69 Å². The summed E-state index contributed by atoms with van der Waals surface area (Å²) < 4.78 is 1.11. The van der Waals surface area contributed by atoms with E-state index in [1.165, 1.54) is 5.56 Å². The van der Waals surface area contributed by atoms with Crippen LogP contribution in [0.15, 0.2) is 46.9 Å². The van der Waals surface area contributed by atoms with Crippen LogP contribution in [0, 0.1) is 0 Å². The van der Waals surface area contributed by atoms with E-state index in [1.54, 1.807) is 0 Å². The highest BCUT2D eigenvalue weighted by atomic mass is 79.9. The van der Waals surface area contributed by atoms with Crippen LogP contribution in [0.2, 0.25) is 0 Å². The van der Waals surface area contributed by atoms with Gasteiger partial charge in [-0.3, -0.25) is 0 Å². The molecule has 2 rings (SSSR count). The highest BCUT2D eigenvalue weighted by molar-refractivity contribution is 9.10. The second-order valence-electron chi connectivity index (χ2n) is 4.50. The van der Waals surface area contributed by atoms with E-state index >= 15 is 0 Å². The molecule has 0 saturated heterocycles. The van der Waals surface area contributed by atoms with Crippen molar-refractivity contribution >= 4 is 21.7 Å². The molecule has 0 aliphatic rings. The minimum Gasteiger partial charge on any atom is -0.355 e. The zero-order valence-electron chi connectivity index (χ0n) is 11.2. The fourth-order valence-electron chi connectivity index (χ4n) is 1.95. The van der Waals surface area contributed by atoms with Crippen LogP contribution in [-0.2, 0) is 13.1 Å². The SMILES string of the molecule is CNCc1cccc(N(C)Cc2cccc(Br)c2)n1. The Balaban J connectivity index is 2.11. The lowest BCUT2D eigenvalue weighted by atomic mass is 10.2. The molecular formula is C15H18BrN3. The molecule has 4 heteroatoms. The topological polar surface area (TPSA) is 28.2 Å². The number of nitrogens with one attached hydrogen (secondary N) is 1. The Kier molecular flexibility index (Phi) is 4.93. The Morgan fingerprint density at radius 3 is 2.74 bits per heavy atom. The average Bonchev–Trinajstić information content (AvgIpc) is 2.39. The third kappa shape index (κ3) is 4.04. The lowest BCUT2D eigenvalue weighted by Gasteiger charge is -2.19. The van der Waals surface area contributed by atoms with Gasteiger partial charge in [-0.1, -0.05) is 34.1 Å². The Morgan fingerprint density at radius 2 is 2.00 bits per heavy atom. The van der Waals surface area contributed by atoms with Gasteiger partial charge in [0.25, 0.3) is 0 Å². The second-order valence-corrected chi connectivity index (χ2v) is 5.42. The van der Waals surface area contributed by atoms with E-state index in [9.17, 15) is 0 Å². The zero-order chi connectivity index (χ0) is 13.7. The maximum Gasteiger partial charge on any atom is 0.128 e. The molecular weight excluding hydrogens is 302 g/mol. The highest BCUT2D eigenvalue weighted by Gasteiger charge is 2.04. The minimum absolute atomic E-state index is 0.790. The molecule has 0 saturated carbocycles. The predicted molar refractivity (Wildman–Crippen MR) is 83.2 cm³/mol. The van der Waals surface area contributed by atoms with Gasteiger partial charge in [0.1, 0.15) is 5.82 Å². The third-order valence-corrected chi connectivity index (χ3v) is 3.34. The number of aromatic nitrogens is 1. The van der Waals surface area contributed by atoms with E-state index in [1.807, 2.05) is 31.3 Å². The molecule has 0 atom stereocenters. The maximum absolute atomic E-state index is 4.63. The number of rotatable bonds is 5. The van der Waals surface area contributed by atoms with Crippen molar-refractivity contribution in [3.05, 3.63) is 58.2 Å². The standard InChI is InChI=1S/C15H18BrN3/c1-17-10-14-7-4-8-15(18-14)19(2)11-12-5-3-6-13(16)9-12/h3-9,17H,10-11H2,1-2H3. The Labute approximate surface area is 122 Å². The van der Waals surface area contributed by atoms with Gasteiger partial charge in [-0.05, 0) is 36.9 Å². The van der Waals surface area contributed by atoms with E-state index in [2.05, 4.69) is 56.4 Å². The molecule has 0 amide bonds. The van der Waals surface area contributed by atoms with Crippen LogP contribution in [0.25, 0.3) is 0 Å². The van der Waals surface area contributed by atoms with Crippen molar-refractivity contribution in [2.75, 3.05) is 19.0 Å². The fourth-order valence-corrected chi connectivity index (χ4v) is 2.40. The first-order valence-electron chi connectivity index (χ1n) is 6.25. The normalized spacial score (nSPS) is 10.5. The molecule has 0 aliphatic heterocycles. The molecule has 1 heterocycles. The number of nitrogens with zero attached hydrogens (tertiary/aromatic N) is 2. The van der Waals surface area contributed by atoms with Gasteiger partial charge in [0.15, 0.2) is 0 Å². The largest absolute Gasteiger partial charge is 0.355 e. The van der Waals surface area contributed by atoms with Crippen LogP contribution in [0.5, 0.6) is 0 Å². The first-order chi connectivity index (χ1) is 9.19. The number of benzene rings is 1. The quantitative estimate of drug-likeness (QED) is 0.917. The number of anilines is 1. The summed E-state index contributed by atoms with van der Waals surface area (Å²) in [6, 6.07) is 14.5. The van der Waals surface area contributed by atoms with Crippen molar-refractivity contribution in [2.24, 2.45) is 0 Å². The van der Waals surface area contributed by atoms with Crippen LogP contribution in [-0.4, -0.2) is 19.1 Å². The van der Waals surface area contributed by atoms with Crippen LogP contribution >= 0.6 is 15.9 Å². The Morgan fingerprint density at radius 1 is 1.21 bits per heavy atom. The number of pyridine rings is 1. The van der Waals surface area contributed by atoms with Gasteiger partial charge in [-0.2, -0.15) is 0 Å². The second kappa shape index (κ2) is 6.68. The molecule has 0 radical (unpaired) electrons. The van der Waals surface area contributed by atoms with Crippen molar-refractivity contribution in [1.82, 2.24) is 10.3 Å². The zero-order valence-corrected chi connectivity index (χ0v) is 12.8. The van der Waals surface area contributed by atoms with Crippen molar-refractivity contribution in [2.45, 2.75) is 13.1 Å². The fraction of sp³-hybridized carbons (Fsp3) is 0.267. The first kappa shape index (κ1) is 14.0. The molecule has 1 N–H and O–H groups in total. The predicted octanol–water partition coefficient (Wildman–Crippen LogP) is 3.20. The van der Waals surface area contributed by atoms with Gasteiger partial charge < -0.3 is 10.2 Å². The Bertz CT molecular complexity index is 542. The van der Waals surface area contributed by atoms with E-state index in [0.29, 0.717) is 0 Å². The van der Waals surface area contributed by atoms with Crippen molar-refractivity contribution in [3.63, 3.8) is 0 Å². The maximum atomic E-state index is 4.63. The summed E-state index contributed by atoms with van der Waals surface area (Å²) in [5.41, 5.74) is 2.32. The smallest absolute Gasteiger partial charge is 0.128 e. The van der Waals surface area contributed by atoms with Crippen LogP contribution in [0.3, 0.4) is 0 Å². The molecule has 1 aromatic carbocycles. The van der Waals surface area contributed by atoms with Crippen LogP contribution in [0.1, 0.15) is 11.3 Å². The molecule has 0 fully saturated rings. The minimum atomic E-state index is 0.790. The van der Waals surface area contributed by atoms with Gasteiger partial charge >= 0.3 is 0 Å². The lowest BCUT2D eigenvalue weighted by Crippen LogP contribution is -2.18. The van der Waals surface area contributed by atoms with Gasteiger partial charge in [0, 0.05) is 24.6 Å². The molecule has 19 heavy (non-hydrogen) atoms. The number of hydrogen-bond donors (Lipinski definition) is 1. The number of halogens is 1.